The summed E-state index contributed by atoms with van der Waals surface area (Å²) in [6.07, 6.45) is 3.73. The Morgan fingerprint density at radius 3 is 2.69 bits per heavy atom. The first-order valence-electron chi connectivity index (χ1n) is 8.74. The van der Waals surface area contributed by atoms with Crippen molar-refractivity contribution in [2.45, 2.75) is 6.42 Å². The number of pyridine rings is 1. The maximum absolute atomic E-state index is 11.1. The first-order chi connectivity index (χ1) is 14.1. The van der Waals surface area contributed by atoms with E-state index in [9.17, 15) is 4.79 Å². The fraction of sp³-hybridized carbons (Fsp3) is 0.100. The summed E-state index contributed by atoms with van der Waals surface area (Å²) in [5.74, 6) is 1.27. The van der Waals surface area contributed by atoms with Crippen molar-refractivity contribution in [2.24, 2.45) is 5.73 Å². The molecule has 3 heterocycles. The smallest absolute Gasteiger partial charge is 0.250 e. The molecule has 0 bridgehead atoms. The number of amides is 1. The van der Waals surface area contributed by atoms with Gasteiger partial charge in [0.05, 0.1) is 16.0 Å². The van der Waals surface area contributed by atoms with Gasteiger partial charge in [-0.05, 0) is 30.2 Å². The van der Waals surface area contributed by atoms with E-state index in [1.54, 1.807) is 12.1 Å². The van der Waals surface area contributed by atoms with E-state index in [-0.39, 0.29) is 0 Å². The number of hydrogen-bond donors (Lipinski definition) is 2. The van der Waals surface area contributed by atoms with Crippen LogP contribution in [0.1, 0.15) is 15.9 Å². The highest BCUT2D eigenvalue weighted by atomic mass is 35.5. The summed E-state index contributed by atoms with van der Waals surface area (Å²) in [6.45, 7) is 0.703. The molecule has 7 nitrogen and oxygen atoms in total. The van der Waals surface area contributed by atoms with Gasteiger partial charge < -0.3 is 15.8 Å². The molecular weight excluding hydrogens is 410 g/mol. The number of carbonyl (C=O) groups excluding carboxylic acids is 1. The Hall–Kier alpha value is -3.23. The molecule has 0 aliphatic carbocycles. The third-order valence-corrected chi connectivity index (χ3v) is 5.51. The van der Waals surface area contributed by atoms with E-state index < -0.39 is 5.91 Å². The average molecular weight is 426 g/mol. The van der Waals surface area contributed by atoms with E-state index in [4.69, 9.17) is 22.1 Å². The molecule has 3 aromatic heterocycles. The zero-order valence-corrected chi connectivity index (χ0v) is 16.7. The number of nitrogens with zero attached hydrogens (tertiary/aromatic N) is 3. The topological polar surface area (TPSA) is 103 Å². The van der Waals surface area contributed by atoms with Crippen LogP contribution in [0.15, 0.2) is 54.3 Å². The van der Waals surface area contributed by atoms with Crippen LogP contribution in [0.2, 0.25) is 5.02 Å². The number of carbonyl (C=O) groups is 1. The molecule has 9 heteroatoms. The van der Waals surface area contributed by atoms with Gasteiger partial charge in [0.15, 0.2) is 0 Å². The number of nitrogens with one attached hydrogen (secondary N) is 1. The predicted octanol–water partition coefficient (Wildman–Crippen LogP) is 4.29. The minimum atomic E-state index is -0.522. The summed E-state index contributed by atoms with van der Waals surface area (Å²) < 4.78 is 5.69. The van der Waals surface area contributed by atoms with E-state index >= 15 is 0 Å². The van der Waals surface area contributed by atoms with Crippen LogP contribution < -0.4 is 15.8 Å². The fourth-order valence-corrected chi connectivity index (χ4v) is 3.87. The van der Waals surface area contributed by atoms with Gasteiger partial charge in [0.1, 0.15) is 22.7 Å². The molecule has 1 amide bonds. The number of fused-ring (bicyclic) bond motifs is 1. The summed E-state index contributed by atoms with van der Waals surface area (Å²) in [6, 6.07) is 10.9. The minimum absolute atomic E-state index is 0.338. The molecule has 146 valence electrons. The lowest BCUT2D eigenvalue weighted by molar-refractivity contribution is 0.1000. The van der Waals surface area contributed by atoms with Gasteiger partial charge in [-0.2, -0.15) is 0 Å². The van der Waals surface area contributed by atoms with Crippen LogP contribution in [-0.2, 0) is 6.42 Å². The maximum Gasteiger partial charge on any atom is 0.250 e. The highest BCUT2D eigenvalue weighted by molar-refractivity contribution is 7.17. The highest BCUT2D eigenvalue weighted by Crippen LogP contribution is 2.32. The monoisotopic (exact) mass is 425 g/mol. The normalized spacial score (nSPS) is 10.8. The fourth-order valence-electron chi connectivity index (χ4n) is 2.73. The molecule has 0 fully saturated rings. The van der Waals surface area contributed by atoms with Crippen LogP contribution in [-0.4, -0.2) is 27.4 Å². The van der Waals surface area contributed by atoms with Crippen molar-refractivity contribution < 1.29 is 9.53 Å². The van der Waals surface area contributed by atoms with E-state index in [1.165, 1.54) is 23.9 Å². The molecule has 0 spiro atoms. The van der Waals surface area contributed by atoms with Crippen LogP contribution in [0, 0.1) is 0 Å². The quantitative estimate of drug-likeness (QED) is 0.458. The lowest BCUT2D eigenvalue weighted by atomic mass is 10.1. The van der Waals surface area contributed by atoms with Crippen molar-refractivity contribution in [3.05, 3.63) is 70.5 Å². The van der Waals surface area contributed by atoms with Gasteiger partial charge >= 0.3 is 0 Å². The van der Waals surface area contributed by atoms with Crippen molar-refractivity contribution >= 4 is 44.9 Å². The molecule has 3 N–H and O–H groups in total. The van der Waals surface area contributed by atoms with E-state index in [0.29, 0.717) is 28.8 Å². The Bertz CT molecular complexity index is 1150. The molecule has 0 aliphatic rings. The number of rotatable bonds is 7. The van der Waals surface area contributed by atoms with Crippen molar-refractivity contribution in [1.82, 2.24) is 15.0 Å². The van der Waals surface area contributed by atoms with E-state index in [0.717, 1.165) is 28.0 Å². The Balaban J connectivity index is 1.34. The number of hydrogen-bond acceptors (Lipinski definition) is 7. The first-order valence-corrected chi connectivity index (χ1v) is 10.00. The lowest BCUT2D eigenvalue weighted by Gasteiger charge is -2.08. The average Bonchev–Trinajstić information content (AvgIpc) is 3.11. The van der Waals surface area contributed by atoms with Crippen molar-refractivity contribution in [3.63, 3.8) is 0 Å². The van der Waals surface area contributed by atoms with Crippen LogP contribution in [0.5, 0.6) is 11.6 Å². The summed E-state index contributed by atoms with van der Waals surface area (Å²) in [4.78, 5) is 24.5. The van der Waals surface area contributed by atoms with Gasteiger partial charge in [0, 0.05) is 24.2 Å². The number of aromatic nitrogens is 3. The third-order valence-electron chi connectivity index (χ3n) is 4.20. The van der Waals surface area contributed by atoms with Gasteiger partial charge in [0.25, 0.3) is 0 Å². The SMILES string of the molecule is NC(=O)c1ccc(Oc2ccc(CCNc3ncnc4scc(Cl)c34)cc2)nc1. The lowest BCUT2D eigenvalue weighted by Crippen LogP contribution is -2.10. The van der Waals surface area contributed by atoms with Gasteiger partial charge in [-0.25, -0.2) is 15.0 Å². The number of thiophene rings is 1. The second kappa shape index (κ2) is 8.42. The Labute approximate surface area is 175 Å². The van der Waals surface area contributed by atoms with Gasteiger partial charge in [-0.15, -0.1) is 11.3 Å². The Kier molecular flexibility index (Phi) is 5.55. The molecule has 29 heavy (non-hydrogen) atoms. The van der Waals surface area contributed by atoms with Gasteiger partial charge in [-0.1, -0.05) is 23.7 Å². The van der Waals surface area contributed by atoms with Crippen molar-refractivity contribution in [3.8, 4) is 11.6 Å². The number of ether oxygens (including phenoxy) is 1. The van der Waals surface area contributed by atoms with Gasteiger partial charge in [-0.3, -0.25) is 4.79 Å². The zero-order chi connectivity index (χ0) is 20.2. The van der Waals surface area contributed by atoms with Crippen LogP contribution in [0.3, 0.4) is 0 Å². The standard InChI is InChI=1S/C20H16ClN5O2S/c21-15-10-29-20-17(15)19(25-11-26-20)23-8-7-12-1-4-14(5-2-12)28-16-6-3-13(9-24-16)18(22)27/h1-6,9-11H,7-8H2,(H2,22,27)(H,23,25,26). The number of primary amides is 1. The molecule has 0 aliphatic heterocycles. The summed E-state index contributed by atoms with van der Waals surface area (Å²) in [5, 5.41) is 6.70. The largest absolute Gasteiger partial charge is 0.439 e. The highest BCUT2D eigenvalue weighted by Gasteiger charge is 2.09. The molecule has 0 radical (unpaired) electrons. The molecule has 1 aromatic carbocycles. The number of anilines is 1. The van der Waals surface area contributed by atoms with Crippen LogP contribution in [0.4, 0.5) is 5.82 Å². The van der Waals surface area contributed by atoms with Crippen molar-refractivity contribution in [1.29, 1.82) is 0 Å². The molecule has 0 unspecified atom stereocenters. The predicted molar refractivity (Wildman–Crippen MR) is 114 cm³/mol. The summed E-state index contributed by atoms with van der Waals surface area (Å²) in [5.41, 5.74) is 6.68. The van der Waals surface area contributed by atoms with Crippen LogP contribution in [0.25, 0.3) is 10.2 Å². The van der Waals surface area contributed by atoms with Crippen molar-refractivity contribution in [2.75, 3.05) is 11.9 Å². The summed E-state index contributed by atoms with van der Waals surface area (Å²) >= 11 is 7.73. The van der Waals surface area contributed by atoms with Crippen LogP contribution >= 0.6 is 22.9 Å². The molecular formula is C20H16ClN5O2S. The Morgan fingerprint density at radius 1 is 1.14 bits per heavy atom. The summed E-state index contributed by atoms with van der Waals surface area (Å²) in [7, 11) is 0. The van der Waals surface area contributed by atoms with Gasteiger partial charge in [0.2, 0.25) is 11.8 Å². The Morgan fingerprint density at radius 2 is 1.97 bits per heavy atom. The maximum atomic E-state index is 11.1. The second-order valence-corrected chi connectivity index (χ2v) is 7.42. The van der Waals surface area contributed by atoms with E-state index in [2.05, 4.69) is 20.3 Å². The minimum Gasteiger partial charge on any atom is -0.439 e. The molecule has 0 atom stereocenters. The molecule has 0 saturated heterocycles. The molecule has 0 saturated carbocycles. The first kappa shape index (κ1) is 19.1. The zero-order valence-electron chi connectivity index (χ0n) is 15.1. The molecule has 4 rings (SSSR count). The molecule has 4 aromatic rings. The number of halogens is 1. The number of nitrogens with two attached hydrogens (primary N) is 1. The second-order valence-electron chi connectivity index (χ2n) is 6.16. The third kappa shape index (κ3) is 4.44. The van der Waals surface area contributed by atoms with E-state index in [1.807, 2.05) is 29.6 Å². The number of benzene rings is 1.